The van der Waals surface area contributed by atoms with E-state index in [9.17, 15) is 14.4 Å². The molecule has 2 heterocycles. The number of benzene rings is 2. The van der Waals surface area contributed by atoms with Crippen molar-refractivity contribution in [1.29, 1.82) is 0 Å². The highest BCUT2D eigenvalue weighted by atomic mass is 35.5. The Balaban J connectivity index is 1.60. The van der Waals surface area contributed by atoms with E-state index in [1.54, 1.807) is 66.3 Å². The summed E-state index contributed by atoms with van der Waals surface area (Å²) in [5.74, 6) is 0.0435. The summed E-state index contributed by atoms with van der Waals surface area (Å²) in [5.41, 5.74) is 2.01. The van der Waals surface area contributed by atoms with Crippen LogP contribution in [0.25, 0.3) is 0 Å². The third-order valence-corrected chi connectivity index (χ3v) is 7.44. The molecule has 0 bridgehead atoms. The molecule has 2 aliphatic rings. The standard InChI is InChI=1S/C28H32Cl2N4O5/c1-4-34-23(17-32-11-13-33(14-12-32)26(35)18-7-6-8-20(15-18)38-3)24(27(36)39-5-2)25(31-28(34)37)21-10-9-19(29)16-22(21)30/h6-10,15-16,25H,4-5,11-14,17H2,1-3H3,(H,31,37). The molecule has 1 atom stereocenters. The second-order valence-electron chi connectivity index (χ2n) is 9.17. The van der Waals surface area contributed by atoms with E-state index in [2.05, 4.69) is 10.2 Å². The van der Waals surface area contributed by atoms with Gasteiger partial charge in [-0.1, -0.05) is 35.3 Å². The topological polar surface area (TPSA) is 91.4 Å². The predicted molar refractivity (Wildman–Crippen MR) is 149 cm³/mol. The fraction of sp³-hybridized carbons (Fsp3) is 0.393. The zero-order chi connectivity index (χ0) is 28.1. The van der Waals surface area contributed by atoms with E-state index in [0.29, 0.717) is 77.5 Å². The quantitative estimate of drug-likeness (QED) is 0.471. The van der Waals surface area contributed by atoms with E-state index in [1.807, 2.05) is 6.92 Å². The van der Waals surface area contributed by atoms with E-state index >= 15 is 0 Å². The van der Waals surface area contributed by atoms with Gasteiger partial charge in [0.1, 0.15) is 5.75 Å². The third-order valence-electron chi connectivity index (χ3n) is 6.87. The van der Waals surface area contributed by atoms with Gasteiger partial charge >= 0.3 is 12.0 Å². The Labute approximate surface area is 238 Å². The second-order valence-corrected chi connectivity index (χ2v) is 10.0. The summed E-state index contributed by atoms with van der Waals surface area (Å²) >= 11 is 12.6. The van der Waals surface area contributed by atoms with Crippen LogP contribution in [-0.4, -0.2) is 85.6 Å². The number of urea groups is 1. The lowest BCUT2D eigenvalue weighted by Gasteiger charge is -2.40. The van der Waals surface area contributed by atoms with Gasteiger partial charge in [0.15, 0.2) is 0 Å². The van der Waals surface area contributed by atoms with Crippen molar-refractivity contribution < 1.29 is 23.9 Å². The molecule has 0 radical (unpaired) electrons. The Bertz CT molecular complexity index is 1280. The molecule has 2 aliphatic heterocycles. The number of hydrogen-bond acceptors (Lipinski definition) is 6. The number of esters is 1. The molecule has 4 rings (SSSR count). The Morgan fingerprint density at radius 2 is 1.79 bits per heavy atom. The lowest BCUT2D eigenvalue weighted by Crippen LogP contribution is -2.53. The van der Waals surface area contributed by atoms with Crippen molar-refractivity contribution in [3.05, 3.63) is 74.9 Å². The maximum absolute atomic E-state index is 13.3. The largest absolute Gasteiger partial charge is 0.497 e. The number of carbonyl (C=O) groups is 3. The average molecular weight is 575 g/mol. The molecule has 0 spiro atoms. The SMILES string of the molecule is CCOC(=O)C1=C(CN2CCN(C(=O)c3cccc(OC)c3)CC2)N(CC)C(=O)NC1c1ccc(Cl)cc1Cl. The molecule has 9 nitrogen and oxygen atoms in total. The monoisotopic (exact) mass is 574 g/mol. The second kappa shape index (κ2) is 12.7. The van der Waals surface area contributed by atoms with E-state index in [-0.39, 0.29) is 18.5 Å². The molecule has 11 heteroatoms. The van der Waals surface area contributed by atoms with Crippen molar-refractivity contribution in [3.8, 4) is 5.75 Å². The number of methoxy groups -OCH3 is 1. The van der Waals surface area contributed by atoms with Crippen molar-refractivity contribution in [3.63, 3.8) is 0 Å². The van der Waals surface area contributed by atoms with Crippen molar-refractivity contribution >= 4 is 41.1 Å². The van der Waals surface area contributed by atoms with Gasteiger partial charge in [-0.15, -0.1) is 0 Å². The van der Waals surface area contributed by atoms with Crippen LogP contribution < -0.4 is 10.1 Å². The minimum atomic E-state index is -0.796. The maximum Gasteiger partial charge on any atom is 0.338 e. The van der Waals surface area contributed by atoms with Gasteiger partial charge in [-0.05, 0) is 49.7 Å². The summed E-state index contributed by atoms with van der Waals surface area (Å²) in [6.45, 7) is 6.61. The third kappa shape index (κ3) is 6.32. The highest BCUT2D eigenvalue weighted by Crippen LogP contribution is 2.36. The predicted octanol–water partition coefficient (Wildman–Crippen LogP) is 4.36. The van der Waals surface area contributed by atoms with Gasteiger partial charge in [0, 0.05) is 60.6 Å². The lowest BCUT2D eigenvalue weighted by molar-refractivity contribution is -0.139. The number of nitrogens with zero attached hydrogens (tertiary/aromatic N) is 3. The molecule has 0 aromatic heterocycles. The zero-order valence-corrected chi connectivity index (χ0v) is 23.7. The summed E-state index contributed by atoms with van der Waals surface area (Å²) in [5, 5.41) is 3.70. The average Bonchev–Trinajstić information content (AvgIpc) is 2.93. The van der Waals surface area contributed by atoms with Crippen LogP contribution in [0.5, 0.6) is 5.75 Å². The summed E-state index contributed by atoms with van der Waals surface area (Å²) in [6.07, 6.45) is 0. The first kappa shape index (κ1) is 28.7. The highest BCUT2D eigenvalue weighted by molar-refractivity contribution is 6.35. The summed E-state index contributed by atoms with van der Waals surface area (Å²) < 4.78 is 10.7. The first-order valence-corrected chi connectivity index (χ1v) is 13.6. The molecule has 2 aromatic carbocycles. The number of piperazine rings is 1. The molecule has 1 saturated heterocycles. The van der Waals surface area contributed by atoms with Crippen LogP contribution in [0.1, 0.15) is 35.8 Å². The first-order chi connectivity index (χ1) is 18.8. The van der Waals surface area contributed by atoms with Gasteiger partial charge in [0.25, 0.3) is 5.91 Å². The van der Waals surface area contributed by atoms with Crippen LogP contribution >= 0.6 is 23.2 Å². The number of amides is 3. The molecule has 1 unspecified atom stereocenters. The first-order valence-electron chi connectivity index (χ1n) is 12.9. The highest BCUT2D eigenvalue weighted by Gasteiger charge is 2.39. The van der Waals surface area contributed by atoms with Gasteiger partial charge in [-0.3, -0.25) is 14.6 Å². The number of carbonyl (C=O) groups excluding carboxylic acids is 3. The van der Waals surface area contributed by atoms with Crippen molar-refractivity contribution in [1.82, 2.24) is 20.0 Å². The Hall–Kier alpha value is -3.27. The molecule has 2 aromatic rings. The Kier molecular flexibility index (Phi) is 9.37. The van der Waals surface area contributed by atoms with E-state index in [4.69, 9.17) is 32.7 Å². The molecule has 1 N–H and O–H groups in total. The van der Waals surface area contributed by atoms with Crippen LogP contribution in [0.15, 0.2) is 53.7 Å². The molecule has 1 fully saturated rings. The molecule has 0 aliphatic carbocycles. The smallest absolute Gasteiger partial charge is 0.338 e. The minimum Gasteiger partial charge on any atom is -0.497 e. The fourth-order valence-corrected chi connectivity index (χ4v) is 5.40. The van der Waals surface area contributed by atoms with Gasteiger partial charge in [0.05, 0.1) is 25.3 Å². The number of hydrogen-bond donors (Lipinski definition) is 1. The summed E-state index contributed by atoms with van der Waals surface area (Å²) in [6, 6.07) is 10.9. The zero-order valence-electron chi connectivity index (χ0n) is 22.2. The van der Waals surface area contributed by atoms with Crippen LogP contribution in [0, 0.1) is 0 Å². The van der Waals surface area contributed by atoms with E-state index in [0.717, 1.165) is 0 Å². The van der Waals surface area contributed by atoms with E-state index < -0.39 is 12.0 Å². The number of halogens is 2. The molecule has 3 amide bonds. The molecule has 0 saturated carbocycles. The van der Waals surface area contributed by atoms with Crippen molar-refractivity contribution in [2.24, 2.45) is 0 Å². The maximum atomic E-state index is 13.3. The fourth-order valence-electron chi connectivity index (χ4n) is 4.89. The Morgan fingerprint density at radius 3 is 2.44 bits per heavy atom. The van der Waals surface area contributed by atoms with Crippen LogP contribution in [0.2, 0.25) is 10.0 Å². The van der Waals surface area contributed by atoms with Crippen LogP contribution in [0.4, 0.5) is 4.79 Å². The van der Waals surface area contributed by atoms with Crippen molar-refractivity contribution in [2.45, 2.75) is 19.9 Å². The van der Waals surface area contributed by atoms with E-state index in [1.165, 1.54) is 0 Å². The minimum absolute atomic E-state index is 0.0651. The molecule has 208 valence electrons. The number of ether oxygens (including phenoxy) is 2. The molecule has 39 heavy (non-hydrogen) atoms. The van der Waals surface area contributed by atoms with Gasteiger partial charge < -0.3 is 19.7 Å². The number of nitrogens with one attached hydrogen (secondary N) is 1. The van der Waals surface area contributed by atoms with Crippen LogP contribution in [-0.2, 0) is 9.53 Å². The number of likely N-dealkylation sites (N-methyl/N-ethyl adjacent to an activating group) is 1. The summed E-state index contributed by atoms with van der Waals surface area (Å²) in [7, 11) is 1.57. The Morgan fingerprint density at radius 1 is 1.05 bits per heavy atom. The normalized spacial score (nSPS) is 18.2. The molecular formula is C28H32Cl2N4O5. The van der Waals surface area contributed by atoms with Crippen molar-refractivity contribution in [2.75, 3.05) is 53.0 Å². The lowest BCUT2D eigenvalue weighted by atomic mass is 9.94. The summed E-state index contributed by atoms with van der Waals surface area (Å²) in [4.78, 5) is 45.1. The number of rotatable bonds is 8. The van der Waals surface area contributed by atoms with Crippen LogP contribution in [0.3, 0.4) is 0 Å². The molecular weight excluding hydrogens is 543 g/mol. The van der Waals surface area contributed by atoms with Gasteiger partial charge in [-0.2, -0.15) is 0 Å². The van der Waals surface area contributed by atoms with Gasteiger partial charge in [0.2, 0.25) is 0 Å². The van der Waals surface area contributed by atoms with Gasteiger partial charge in [-0.25, -0.2) is 9.59 Å².